The Morgan fingerprint density at radius 1 is 1.14 bits per heavy atom. The van der Waals surface area contributed by atoms with Gasteiger partial charge in [0.05, 0.1) is 4.90 Å². The lowest BCUT2D eigenvalue weighted by molar-refractivity contribution is 0.609. The van der Waals surface area contributed by atoms with Gasteiger partial charge in [-0.1, -0.05) is 66.0 Å². The molecule has 78 valence electrons. The van der Waals surface area contributed by atoms with Gasteiger partial charge in [-0.2, -0.15) is 0 Å². The van der Waals surface area contributed by atoms with Gasteiger partial charge in [0.15, 0.2) is 2.14 Å². The lowest BCUT2D eigenvalue weighted by Gasteiger charge is -2.15. The van der Waals surface area contributed by atoms with Crippen LogP contribution >= 0.6 is 58.5 Å². The molecule has 0 saturated carbocycles. The number of halogens is 4. The van der Waals surface area contributed by atoms with E-state index in [4.69, 9.17) is 10.7 Å². The Balaban J connectivity index is 3.47. The lowest BCUT2D eigenvalue weighted by Crippen LogP contribution is -2.05. The molecule has 0 aliphatic heterocycles. The predicted molar refractivity (Wildman–Crippen MR) is 67.9 cm³/mol. The number of rotatable bonds is 1. The number of benzene rings is 1. The summed E-state index contributed by atoms with van der Waals surface area (Å²) in [5.41, 5.74) is 0.495. The maximum absolute atomic E-state index is 11.2. The molecule has 0 bridgehead atoms. The van der Waals surface area contributed by atoms with E-state index < -0.39 is 11.2 Å². The van der Waals surface area contributed by atoms with Crippen molar-refractivity contribution in [1.82, 2.24) is 0 Å². The molecule has 0 aliphatic rings. The van der Waals surface area contributed by atoms with Crippen molar-refractivity contribution in [3.8, 4) is 0 Å². The van der Waals surface area contributed by atoms with Gasteiger partial charge in [-0.3, -0.25) is 0 Å². The second kappa shape index (κ2) is 4.41. The number of hydrogen-bond acceptors (Lipinski definition) is 2. The molecule has 0 radical (unpaired) electrons. The van der Waals surface area contributed by atoms with Crippen LogP contribution in [-0.4, -0.2) is 8.42 Å². The summed E-state index contributed by atoms with van der Waals surface area (Å²) in [4.78, 5) is 0.0623. The summed E-state index contributed by atoms with van der Waals surface area (Å²) < 4.78 is 21.6. The van der Waals surface area contributed by atoms with Crippen LogP contribution in [0.5, 0.6) is 0 Å². The van der Waals surface area contributed by atoms with Gasteiger partial charge < -0.3 is 0 Å². The van der Waals surface area contributed by atoms with Gasteiger partial charge in [0.25, 0.3) is 9.05 Å². The average molecular weight is 427 g/mol. The summed E-state index contributed by atoms with van der Waals surface area (Å²) >= 11 is 9.72. The van der Waals surface area contributed by atoms with Crippen LogP contribution in [0.4, 0.5) is 0 Å². The highest BCUT2D eigenvalue weighted by Gasteiger charge is 2.28. The van der Waals surface area contributed by atoms with Crippen LogP contribution in [0.25, 0.3) is 0 Å². The van der Waals surface area contributed by atoms with E-state index in [2.05, 4.69) is 47.8 Å². The minimum atomic E-state index is -3.73. The monoisotopic (exact) mass is 424 g/mol. The first-order chi connectivity index (χ1) is 6.23. The van der Waals surface area contributed by atoms with Crippen LogP contribution in [0.1, 0.15) is 5.56 Å². The fourth-order valence-corrected chi connectivity index (χ4v) is 3.47. The second-order valence-corrected chi connectivity index (χ2v) is 11.7. The maximum atomic E-state index is 11.2. The molecule has 0 aliphatic carbocycles. The number of alkyl halides is 3. The summed E-state index contributed by atoms with van der Waals surface area (Å²) in [6, 6.07) is 6.42. The highest BCUT2D eigenvalue weighted by atomic mass is 80.0. The molecule has 0 heterocycles. The molecular weight excluding hydrogens is 423 g/mol. The van der Waals surface area contributed by atoms with Crippen molar-refractivity contribution in [2.45, 2.75) is 7.04 Å². The first-order valence-corrected chi connectivity index (χ1v) is 8.02. The molecule has 0 N–H and O–H groups in total. The van der Waals surface area contributed by atoms with E-state index in [0.717, 1.165) is 0 Å². The van der Waals surface area contributed by atoms with E-state index in [-0.39, 0.29) is 4.90 Å². The first kappa shape index (κ1) is 13.0. The van der Waals surface area contributed by atoms with Crippen LogP contribution in [0.15, 0.2) is 29.2 Å². The van der Waals surface area contributed by atoms with Gasteiger partial charge in [-0.15, -0.1) is 0 Å². The standard InChI is InChI=1S/C7H4Br3ClO2S/c8-7(9,10)5-3-1-2-4-6(5)14(11,12)13/h1-4H. The Morgan fingerprint density at radius 3 is 2.00 bits per heavy atom. The van der Waals surface area contributed by atoms with Crippen LogP contribution in [-0.2, 0) is 11.2 Å². The van der Waals surface area contributed by atoms with Gasteiger partial charge in [0, 0.05) is 16.2 Å². The van der Waals surface area contributed by atoms with Crippen molar-refractivity contribution in [2.75, 3.05) is 0 Å². The van der Waals surface area contributed by atoms with Gasteiger partial charge in [-0.25, -0.2) is 8.42 Å². The van der Waals surface area contributed by atoms with E-state index in [9.17, 15) is 8.42 Å². The van der Waals surface area contributed by atoms with Crippen molar-refractivity contribution in [2.24, 2.45) is 0 Å². The third kappa shape index (κ3) is 3.20. The summed E-state index contributed by atoms with van der Waals surface area (Å²) in [5, 5.41) is 0. The topological polar surface area (TPSA) is 34.1 Å². The third-order valence-corrected chi connectivity index (χ3v) is 4.12. The van der Waals surface area contributed by atoms with Crippen LogP contribution in [0, 0.1) is 0 Å². The molecule has 0 aromatic heterocycles. The Morgan fingerprint density at radius 2 is 1.64 bits per heavy atom. The fourth-order valence-electron chi connectivity index (χ4n) is 0.913. The highest BCUT2D eigenvalue weighted by molar-refractivity contribution is 9.38. The van der Waals surface area contributed by atoms with Crippen molar-refractivity contribution >= 4 is 67.5 Å². The van der Waals surface area contributed by atoms with E-state index in [1.165, 1.54) is 6.07 Å². The molecule has 0 spiro atoms. The van der Waals surface area contributed by atoms with Gasteiger partial charge in [-0.05, 0) is 6.07 Å². The zero-order valence-corrected chi connectivity index (χ0v) is 12.9. The Bertz CT molecular complexity index is 438. The zero-order chi connectivity index (χ0) is 11.0. The average Bonchev–Trinajstić information content (AvgIpc) is 2.01. The summed E-state index contributed by atoms with van der Waals surface area (Å²) in [6.07, 6.45) is 0. The molecule has 0 saturated heterocycles. The smallest absolute Gasteiger partial charge is 0.207 e. The van der Waals surface area contributed by atoms with E-state index in [1.54, 1.807) is 18.2 Å². The molecular formula is C7H4Br3ClO2S. The minimum Gasteiger partial charge on any atom is -0.207 e. The largest absolute Gasteiger partial charge is 0.261 e. The summed E-state index contributed by atoms with van der Waals surface area (Å²) in [7, 11) is 1.55. The van der Waals surface area contributed by atoms with Gasteiger partial charge in [0.2, 0.25) is 0 Å². The maximum Gasteiger partial charge on any atom is 0.261 e. The lowest BCUT2D eigenvalue weighted by atomic mass is 10.2. The first-order valence-electron chi connectivity index (χ1n) is 3.34. The highest BCUT2D eigenvalue weighted by Crippen LogP contribution is 2.47. The van der Waals surface area contributed by atoms with E-state index in [0.29, 0.717) is 5.56 Å². The Kier molecular flexibility index (Phi) is 4.09. The second-order valence-electron chi connectivity index (χ2n) is 2.43. The Labute approximate surface area is 112 Å². The SMILES string of the molecule is O=S(=O)(Cl)c1ccccc1C(Br)(Br)Br. The number of hydrogen-bond donors (Lipinski definition) is 0. The van der Waals surface area contributed by atoms with Crippen LogP contribution in [0.2, 0.25) is 0 Å². The van der Waals surface area contributed by atoms with Gasteiger partial charge in [0.1, 0.15) is 0 Å². The predicted octanol–water partition coefficient (Wildman–Crippen LogP) is 3.91. The van der Waals surface area contributed by atoms with Crippen LogP contribution in [0.3, 0.4) is 0 Å². The normalized spacial score (nSPS) is 12.9. The van der Waals surface area contributed by atoms with Crippen molar-refractivity contribution in [1.29, 1.82) is 0 Å². The molecule has 1 rings (SSSR count). The van der Waals surface area contributed by atoms with Crippen molar-refractivity contribution in [3.63, 3.8) is 0 Å². The summed E-state index contributed by atoms with van der Waals surface area (Å²) in [6.45, 7) is 0. The summed E-state index contributed by atoms with van der Waals surface area (Å²) in [5.74, 6) is 0. The van der Waals surface area contributed by atoms with Crippen molar-refractivity contribution in [3.05, 3.63) is 29.8 Å². The minimum absolute atomic E-state index is 0.0623. The third-order valence-electron chi connectivity index (χ3n) is 1.46. The molecule has 0 fully saturated rings. The molecule has 2 nitrogen and oxygen atoms in total. The van der Waals surface area contributed by atoms with E-state index in [1.807, 2.05) is 0 Å². The molecule has 0 amide bonds. The molecule has 1 aromatic rings. The Hall–Kier alpha value is 0.900. The molecule has 0 unspecified atom stereocenters. The molecule has 14 heavy (non-hydrogen) atoms. The van der Waals surface area contributed by atoms with Crippen molar-refractivity contribution < 1.29 is 8.42 Å². The van der Waals surface area contributed by atoms with Gasteiger partial charge >= 0.3 is 0 Å². The fraction of sp³-hybridized carbons (Fsp3) is 0.143. The zero-order valence-electron chi connectivity index (χ0n) is 6.55. The molecule has 1 aromatic carbocycles. The molecule has 7 heteroatoms. The van der Waals surface area contributed by atoms with Crippen LogP contribution < -0.4 is 0 Å². The molecule has 0 atom stereocenters. The quantitative estimate of drug-likeness (QED) is 0.503. The van der Waals surface area contributed by atoms with E-state index >= 15 is 0 Å².